The van der Waals surface area contributed by atoms with Crippen molar-refractivity contribution in [1.29, 1.82) is 0 Å². The highest BCUT2D eigenvalue weighted by Crippen LogP contribution is 2.38. The predicted octanol–water partition coefficient (Wildman–Crippen LogP) is 5.02. The van der Waals surface area contributed by atoms with Gasteiger partial charge in [-0.3, -0.25) is 4.72 Å². The van der Waals surface area contributed by atoms with Gasteiger partial charge in [0.1, 0.15) is 29.5 Å². The molecule has 0 bridgehead atoms. The molecule has 2 aromatic heterocycles. The summed E-state index contributed by atoms with van der Waals surface area (Å²) in [5, 5.41) is 0.608. The van der Waals surface area contributed by atoms with Crippen LogP contribution in [-0.2, 0) is 10.0 Å². The van der Waals surface area contributed by atoms with E-state index in [1.165, 1.54) is 36.8 Å². The highest BCUT2D eigenvalue weighted by atomic mass is 35.5. The summed E-state index contributed by atoms with van der Waals surface area (Å²) in [6.07, 6.45) is 4.24. The Morgan fingerprint density at radius 1 is 0.906 bits per heavy atom. The van der Waals surface area contributed by atoms with Crippen LogP contribution in [-0.4, -0.2) is 23.4 Å². The number of benzene rings is 2. The molecule has 0 fully saturated rings. The molecule has 0 amide bonds. The Morgan fingerprint density at radius 2 is 1.72 bits per heavy atom. The molecule has 11 heteroatoms. The molecule has 32 heavy (non-hydrogen) atoms. The largest absolute Gasteiger partial charge is 0.455 e. The quantitative estimate of drug-likeness (QED) is 0.391. The van der Waals surface area contributed by atoms with Gasteiger partial charge in [-0.2, -0.15) is 0 Å². The van der Waals surface area contributed by atoms with Crippen LogP contribution in [0.5, 0.6) is 11.5 Å². The minimum atomic E-state index is -3.91. The molecule has 4 aromatic rings. The average molecular weight is 488 g/mol. The smallest absolute Gasteiger partial charge is 0.263 e. The molecular weight excluding hydrogens is 473 g/mol. The predicted molar refractivity (Wildman–Crippen MR) is 123 cm³/mol. The minimum absolute atomic E-state index is 0.0494. The van der Waals surface area contributed by atoms with E-state index in [1.54, 1.807) is 36.5 Å². The Bertz CT molecular complexity index is 1390. The lowest BCUT2D eigenvalue weighted by Crippen LogP contribution is -2.13. The van der Waals surface area contributed by atoms with Crippen molar-refractivity contribution in [3.8, 4) is 22.6 Å². The van der Waals surface area contributed by atoms with Gasteiger partial charge in [-0.05, 0) is 60.2 Å². The third kappa shape index (κ3) is 4.91. The van der Waals surface area contributed by atoms with Gasteiger partial charge in [-0.15, -0.1) is 0 Å². The lowest BCUT2D eigenvalue weighted by atomic mass is 10.1. The fourth-order valence-electron chi connectivity index (χ4n) is 2.83. The second-order valence-corrected chi connectivity index (χ2v) is 9.03. The van der Waals surface area contributed by atoms with Crippen LogP contribution in [0.25, 0.3) is 11.1 Å². The lowest BCUT2D eigenvalue weighted by molar-refractivity contribution is 0.484. The van der Waals surface area contributed by atoms with Crippen molar-refractivity contribution in [2.45, 2.75) is 4.90 Å². The first-order valence-corrected chi connectivity index (χ1v) is 11.3. The monoisotopic (exact) mass is 487 g/mol. The zero-order valence-electron chi connectivity index (χ0n) is 16.2. The molecule has 0 spiro atoms. The Balaban J connectivity index is 1.64. The number of sulfonamides is 1. The standard InChI is InChI=1S/C21H15Cl2N5O3S/c22-14-1-3-18(16(10-14)13-5-8-26-20(24)9-13)31-19-4-2-15(11-17(19)23)32(29,30)28-21-6-7-25-12-27-21/h1-12H,(H2,24,26)(H,25,27,28). The summed E-state index contributed by atoms with van der Waals surface area (Å²) < 4.78 is 33.6. The zero-order chi connectivity index (χ0) is 22.7. The van der Waals surface area contributed by atoms with Crippen LogP contribution < -0.4 is 15.2 Å². The number of nitrogen functional groups attached to an aromatic ring is 1. The van der Waals surface area contributed by atoms with Gasteiger partial charge in [0.2, 0.25) is 0 Å². The number of nitrogens with two attached hydrogens (primary N) is 1. The number of rotatable bonds is 6. The number of aromatic nitrogens is 3. The molecule has 0 aliphatic heterocycles. The molecule has 0 aliphatic carbocycles. The van der Waals surface area contributed by atoms with Crippen LogP contribution in [0.4, 0.5) is 11.6 Å². The normalized spacial score (nSPS) is 11.2. The van der Waals surface area contributed by atoms with Crippen molar-refractivity contribution in [2.75, 3.05) is 10.5 Å². The van der Waals surface area contributed by atoms with Gasteiger partial charge in [0.15, 0.2) is 0 Å². The van der Waals surface area contributed by atoms with Gasteiger partial charge in [0.25, 0.3) is 10.0 Å². The van der Waals surface area contributed by atoms with Gasteiger partial charge in [-0.1, -0.05) is 23.2 Å². The first-order chi connectivity index (χ1) is 15.3. The van der Waals surface area contributed by atoms with E-state index in [4.69, 9.17) is 33.7 Å². The molecule has 2 aromatic carbocycles. The molecule has 3 N–H and O–H groups in total. The molecule has 0 aliphatic rings. The highest BCUT2D eigenvalue weighted by Gasteiger charge is 2.18. The molecule has 4 rings (SSSR count). The van der Waals surface area contributed by atoms with Gasteiger partial charge < -0.3 is 10.5 Å². The van der Waals surface area contributed by atoms with Crippen LogP contribution in [0.1, 0.15) is 0 Å². The third-order valence-electron chi connectivity index (χ3n) is 4.29. The summed E-state index contributed by atoms with van der Waals surface area (Å²) in [6, 6.07) is 14.1. The van der Waals surface area contributed by atoms with E-state index < -0.39 is 10.0 Å². The van der Waals surface area contributed by atoms with Gasteiger partial charge in [0, 0.05) is 23.0 Å². The average Bonchev–Trinajstić information content (AvgIpc) is 2.76. The van der Waals surface area contributed by atoms with Crippen molar-refractivity contribution < 1.29 is 13.2 Å². The van der Waals surface area contributed by atoms with Crippen molar-refractivity contribution in [3.63, 3.8) is 0 Å². The van der Waals surface area contributed by atoms with Gasteiger partial charge in [0.05, 0.1) is 9.92 Å². The second-order valence-electron chi connectivity index (χ2n) is 6.50. The Hall–Kier alpha value is -3.40. The van der Waals surface area contributed by atoms with Crippen LogP contribution in [0.2, 0.25) is 10.0 Å². The molecule has 0 unspecified atom stereocenters. The number of nitrogens with one attached hydrogen (secondary N) is 1. The first kappa shape index (κ1) is 21.8. The fraction of sp³-hybridized carbons (Fsp3) is 0. The van der Waals surface area contributed by atoms with Crippen LogP contribution >= 0.6 is 23.2 Å². The number of ether oxygens (including phenoxy) is 1. The van der Waals surface area contributed by atoms with E-state index in [0.717, 1.165) is 5.56 Å². The molecule has 2 heterocycles. The summed E-state index contributed by atoms with van der Waals surface area (Å²) in [6.45, 7) is 0. The molecule has 0 atom stereocenters. The highest BCUT2D eigenvalue weighted by molar-refractivity contribution is 7.92. The van der Waals surface area contributed by atoms with Crippen LogP contribution in [0.3, 0.4) is 0 Å². The number of nitrogens with zero attached hydrogens (tertiary/aromatic N) is 3. The number of halogens is 2. The summed E-state index contributed by atoms with van der Waals surface area (Å²) in [5.41, 5.74) is 7.22. The van der Waals surface area contributed by atoms with E-state index in [2.05, 4.69) is 19.7 Å². The van der Waals surface area contributed by atoms with Gasteiger partial charge in [-0.25, -0.2) is 23.4 Å². The summed E-state index contributed by atoms with van der Waals surface area (Å²) in [5.74, 6) is 1.20. The Morgan fingerprint density at radius 3 is 2.44 bits per heavy atom. The van der Waals surface area contributed by atoms with E-state index in [0.29, 0.717) is 22.2 Å². The number of pyridine rings is 1. The molecule has 162 valence electrons. The number of hydrogen-bond donors (Lipinski definition) is 2. The number of anilines is 2. The fourth-order valence-corrected chi connectivity index (χ4v) is 4.32. The summed E-state index contributed by atoms with van der Waals surface area (Å²) in [4.78, 5) is 11.5. The summed E-state index contributed by atoms with van der Waals surface area (Å²) in [7, 11) is -3.91. The summed E-state index contributed by atoms with van der Waals surface area (Å²) >= 11 is 12.5. The maximum atomic E-state index is 12.6. The van der Waals surface area contributed by atoms with E-state index in [-0.39, 0.29) is 21.5 Å². The first-order valence-electron chi connectivity index (χ1n) is 9.09. The molecule has 0 saturated carbocycles. The molecule has 0 saturated heterocycles. The second kappa shape index (κ2) is 8.99. The Labute approximate surface area is 194 Å². The maximum absolute atomic E-state index is 12.6. The molecule has 8 nitrogen and oxygen atoms in total. The van der Waals surface area contributed by atoms with Crippen molar-refractivity contribution in [2.24, 2.45) is 0 Å². The van der Waals surface area contributed by atoms with E-state index in [1.807, 2.05) is 0 Å². The van der Waals surface area contributed by atoms with Crippen molar-refractivity contribution >= 4 is 44.9 Å². The molecular formula is C21H15Cl2N5O3S. The van der Waals surface area contributed by atoms with Crippen LogP contribution in [0, 0.1) is 0 Å². The van der Waals surface area contributed by atoms with Crippen molar-refractivity contribution in [1.82, 2.24) is 15.0 Å². The van der Waals surface area contributed by atoms with E-state index in [9.17, 15) is 8.42 Å². The SMILES string of the molecule is Nc1cc(-c2cc(Cl)ccc2Oc2ccc(S(=O)(=O)Nc3ccncn3)cc2Cl)ccn1. The topological polar surface area (TPSA) is 120 Å². The zero-order valence-corrected chi connectivity index (χ0v) is 18.6. The maximum Gasteiger partial charge on any atom is 0.263 e. The Kier molecular flexibility index (Phi) is 6.13. The van der Waals surface area contributed by atoms with Crippen molar-refractivity contribution in [3.05, 3.63) is 83.4 Å². The van der Waals surface area contributed by atoms with Crippen LogP contribution in [0.15, 0.2) is 78.2 Å². The van der Waals surface area contributed by atoms with Gasteiger partial charge >= 0.3 is 0 Å². The van der Waals surface area contributed by atoms with E-state index >= 15 is 0 Å². The minimum Gasteiger partial charge on any atom is -0.455 e. The third-order valence-corrected chi connectivity index (χ3v) is 6.17. The lowest BCUT2D eigenvalue weighted by Gasteiger charge is -2.14. The number of hydrogen-bond acceptors (Lipinski definition) is 7. The molecule has 0 radical (unpaired) electrons.